The molecular weight excluding hydrogens is 158 g/mol. The minimum atomic E-state index is -0.588. The van der Waals surface area contributed by atoms with Crippen LogP contribution in [0, 0.1) is 0 Å². The monoisotopic (exact) mass is 173 g/mol. The van der Waals surface area contributed by atoms with Gasteiger partial charge in [-0.25, -0.2) is 0 Å². The SMILES string of the molecule is CNC(CCC1OC1O)C(C)=O. The minimum absolute atomic E-state index is 0.0415. The Kier molecular flexibility index (Phi) is 3.20. The maximum absolute atomic E-state index is 10.9. The number of aliphatic hydroxyl groups excluding tert-OH is 1. The minimum Gasteiger partial charge on any atom is -0.366 e. The average Bonchev–Trinajstić information content (AvgIpc) is 2.67. The van der Waals surface area contributed by atoms with Crippen LogP contribution >= 0.6 is 0 Å². The number of carbonyl (C=O) groups excluding carboxylic acids is 1. The third-order valence-corrected chi connectivity index (χ3v) is 2.13. The normalized spacial score (nSPS) is 29.9. The summed E-state index contributed by atoms with van der Waals surface area (Å²) in [4.78, 5) is 10.9. The Morgan fingerprint density at radius 2 is 2.33 bits per heavy atom. The average molecular weight is 173 g/mol. The van der Waals surface area contributed by atoms with Crippen LogP contribution < -0.4 is 5.32 Å². The Morgan fingerprint density at radius 3 is 2.67 bits per heavy atom. The number of hydrogen-bond acceptors (Lipinski definition) is 4. The van der Waals surface area contributed by atoms with E-state index in [1.807, 2.05) is 0 Å². The standard InChI is InChI=1S/C8H15NO3/c1-5(10)6(9-2)3-4-7-8(11)12-7/h6-9,11H,3-4H2,1-2H3. The number of rotatable bonds is 5. The molecule has 0 spiro atoms. The van der Waals surface area contributed by atoms with Crippen LogP contribution in [0.5, 0.6) is 0 Å². The first kappa shape index (κ1) is 9.64. The van der Waals surface area contributed by atoms with Gasteiger partial charge in [-0.3, -0.25) is 4.79 Å². The summed E-state index contributed by atoms with van der Waals surface area (Å²) in [6.45, 7) is 1.56. The zero-order valence-electron chi connectivity index (χ0n) is 7.41. The molecule has 1 heterocycles. The molecular formula is C8H15NO3. The van der Waals surface area contributed by atoms with E-state index in [1.165, 1.54) is 0 Å². The van der Waals surface area contributed by atoms with Gasteiger partial charge in [0.2, 0.25) is 0 Å². The van der Waals surface area contributed by atoms with Gasteiger partial charge in [-0.2, -0.15) is 0 Å². The number of likely N-dealkylation sites (N-methyl/N-ethyl adjacent to an activating group) is 1. The highest BCUT2D eigenvalue weighted by Crippen LogP contribution is 2.24. The van der Waals surface area contributed by atoms with E-state index in [2.05, 4.69) is 5.32 Å². The summed E-state index contributed by atoms with van der Waals surface area (Å²) in [5.41, 5.74) is 0. The third kappa shape index (κ3) is 2.55. The number of nitrogens with one attached hydrogen (secondary N) is 1. The number of carbonyl (C=O) groups is 1. The van der Waals surface area contributed by atoms with Gasteiger partial charge in [0, 0.05) is 0 Å². The van der Waals surface area contributed by atoms with Crippen LogP contribution in [0.4, 0.5) is 0 Å². The second kappa shape index (κ2) is 3.98. The Bertz CT molecular complexity index is 172. The summed E-state index contributed by atoms with van der Waals surface area (Å²) in [5, 5.41) is 11.7. The van der Waals surface area contributed by atoms with Crippen LogP contribution in [0.25, 0.3) is 0 Å². The van der Waals surface area contributed by atoms with Gasteiger partial charge in [-0.1, -0.05) is 0 Å². The fourth-order valence-corrected chi connectivity index (χ4v) is 1.23. The van der Waals surface area contributed by atoms with E-state index in [0.29, 0.717) is 0 Å². The maximum Gasteiger partial charge on any atom is 0.181 e. The third-order valence-electron chi connectivity index (χ3n) is 2.13. The Morgan fingerprint density at radius 1 is 1.75 bits per heavy atom. The van der Waals surface area contributed by atoms with Gasteiger partial charge in [0.05, 0.1) is 6.04 Å². The van der Waals surface area contributed by atoms with Crippen molar-refractivity contribution in [2.45, 2.75) is 38.2 Å². The molecule has 0 bridgehead atoms. The molecule has 3 unspecified atom stereocenters. The van der Waals surface area contributed by atoms with Crippen LogP contribution in [0.2, 0.25) is 0 Å². The number of hydrogen-bond donors (Lipinski definition) is 2. The molecule has 4 heteroatoms. The summed E-state index contributed by atoms with van der Waals surface area (Å²) >= 11 is 0. The molecule has 12 heavy (non-hydrogen) atoms. The maximum atomic E-state index is 10.9. The Hall–Kier alpha value is -0.450. The largest absolute Gasteiger partial charge is 0.366 e. The Balaban J connectivity index is 2.15. The second-order valence-corrected chi connectivity index (χ2v) is 3.09. The first-order chi connectivity index (χ1) is 5.65. The van der Waals surface area contributed by atoms with Crippen molar-refractivity contribution in [3.05, 3.63) is 0 Å². The fraction of sp³-hybridized carbons (Fsp3) is 0.875. The summed E-state index contributed by atoms with van der Waals surface area (Å²) in [7, 11) is 1.76. The molecule has 4 nitrogen and oxygen atoms in total. The van der Waals surface area contributed by atoms with E-state index in [1.54, 1.807) is 14.0 Å². The van der Waals surface area contributed by atoms with Gasteiger partial charge in [-0.15, -0.1) is 0 Å². The van der Waals surface area contributed by atoms with Crippen LogP contribution in [0.1, 0.15) is 19.8 Å². The highest BCUT2D eigenvalue weighted by molar-refractivity contribution is 5.81. The molecule has 0 aromatic carbocycles. The van der Waals surface area contributed by atoms with Crippen molar-refractivity contribution in [3.8, 4) is 0 Å². The van der Waals surface area contributed by atoms with Crippen LogP contribution in [-0.4, -0.2) is 36.4 Å². The molecule has 1 aliphatic rings. The highest BCUT2D eigenvalue weighted by atomic mass is 16.7. The van der Waals surface area contributed by atoms with E-state index in [9.17, 15) is 4.79 Å². The van der Waals surface area contributed by atoms with Crippen LogP contribution in [0.3, 0.4) is 0 Å². The van der Waals surface area contributed by atoms with Crippen molar-refractivity contribution in [1.82, 2.24) is 5.32 Å². The topological polar surface area (TPSA) is 61.9 Å². The fourth-order valence-electron chi connectivity index (χ4n) is 1.23. The molecule has 1 fully saturated rings. The molecule has 1 rings (SSSR count). The van der Waals surface area contributed by atoms with E-state index in [4.69, 9.17) is 9.84 Å². The van der Waals surface area contributed by atoms with Crippen molar-refractivity contribution in [3.63, 3.8) is 0 Å². The van der Waals surface area contributed by atoms with Gasteiger partial charge >= 0.3 is 0 Å². The lowest BCUT2D eigenvalue weighted by atomic mass is 10.1. The van der Waals surface area contributed by atoms with Gasteiger partial charge in [0.25, 0.3) is 0 Å². The van der Waals surface area contributed by atoms with Crippen molar-refractivity contribution < 1.29 is 14.6 Å². The lowest BCUT2D eigenvalue weighted by Gasteiger charge is -2.10. The summed E-state index contributed by atoms with van der Waals surface area (Å²) < 4.78 is 4.81. The number of Topliss-reactive ketones (excluding diaryl/α,β-unsaturated/α-hetero) is 1. The number of epoxide rings is 1. The first-order valence-corrected chi connectivity index (χ1v) is 4.16. The predicted molar refractivity (Wildman–Crippen MR) is 43.6 cm³/mol. The van der Waals surface area contributed by atoms with Gasteiger partial charge in [0.15, 0.2) is 6.29 Å². The number of ketones is 1. The smallest absolute Gasteiger partial charge is 0.181 e. The number of aliphatic hydroxyl groups is 1. The lowest BCUT2D eigenvalue weighted by molar-refractivity contribution is -0.119. The molecule has 1 aliphatic heterocycles. The molecule has 0 aliphatic carbocycles. The lowest BCUT2D eigenvalue weighted by Crippen LogP contribution is -2.32. The first-order valence-electron chi connectivity index (χ1n) is 4.16. The molecule has 1 saturated heterocycles. The zero-order chi connectivity index (χ0) is 9.14. The quantitative estimate of drug-likeness (QED) is 0.558. The molecule has 0 aromatic heterocycles. The summed E-state index contributed by atoms with van der Waals surface area (Å²) in [6.07, 6.45) is 0.842. The van der Waals surface area contributed by atoms with Gasteiger partial charge in [0.1, 0.15) is 11.9 Å². The molecule has 0 amide bonds. The van der Waals surface area contributed by atoms with Gasteiger partial charge < -0.3 is 15.2 Å². The van der Waals surface area contributed by atoms with E-state index < -0.39 is 6.29 Å². The molecule has 3 atom stereocenters. The predicted octanol–water partition coefficient (Wildman–Crippen LogP) is -0.339. The highest BCUT2D eigenvalue weighted by Gasteiger charge is 2.36. The van der Waals surface area contributed by atoms with Crippen molar-refractivity contribution in [2.75, 3.05) is 7.05 Å². The molecule has 70 valence electrons. The molecule has 0 radical (unpaired) electrons. The zero-order valence-corrected chi connectivity index (χ0v) is 7.41. The summed E-state index contributed by atoms with van der Waals surface area (Å²) in [6, 6.07) is -0.0959. The Labute approximate surface area is 71.9 Å². The number of ether oxygens (including phenoxy) is 1. The van der Waals surface area contributed by atoms with Crippen molar-refractivity contribution in [1.29, 1.82) is 0 Å². The molecule has 2 N–H and O–H groups in total. The van der Waals surface area contributed by atoms with E-state index >= 15 is 0 Å². The second-order valence-electron chi connectivity index (χ2n) is 3.09. The van der Waals surface area contributed by atoms with Crippen LogP contribution in [-0.2, 0) is 9.53 Å². The van der Waals surface area contributed by atoms with E-state index in [0.717, 1.165) is 12.8 Å². The van der Waals surface area contributed by atoms with E-state index in [-0.39, 0.29) is 17.9 Å². The van der Waals surface area contributed by atoms with Crippen molar-refractivity contribution in [2.24, 2.45) is 0 Å². The van der Waals surface area contributed by atoms with Gasteiger partial charge in [-0.05, 0) is 26.8 Å². The van der Waals surface area contributed by atoms with Crippen molar-refractivity contribution >= 4 is 5.78 Å². The van der Waals surface area contributed by atoms with Crippen LogP contribution in [0.15, 0.2) is 0 Å². The molecule has 0 aromatic rings. The summed E-state index contributed by atoms with van der Waals surface area (Å²) in [5.74, 6) is 0.132. The molecule has 0 saturated carbocycles.